The summed E-state index contributed by atoms with van der Waals surface area (Å²) in [5.74, 6) is -0.0729. The molecule has 0 fully saturated rings. The van der Waals surface area contributed by atoms with Gasteiger partial charge < -0.3 is 14.8 Å². The summed E-state index contributed by atoms with van der Waals surface area (Å²) in [5.41, 5.74) is 1.62. The van der Waals surface area contributed by atoms with Crippen molar-refractivity contribution in [2.24, 2.45) is 0 Å². The lowest BCUT2D eigenvalue weighted by molar-refractivity contribution is -0.386. The van der Waals surface area contributed by atoms with Gasteiger partial charge in [-0.2, -0.15) is 0 Å². The molecule has 1 heterocycles. The van der Waals surface area contributed by atoms with E-state index in [9.17, 15) is 20.0 Å². The van der Waals surface area contributed by atoms with Crippen LogP contribution in [0, 0.1) is 30.9 Å². The maximum Gasteiger partial charge on any atom is 0.275 e. The van der Waals surface area contributed by atoms with Crippen LogP contribution in [0.1, 0.15) is 38.9 Å². The average molecular weight is 318 g/mol. The minimum atomic E-state index is -0.711. The molecule has 2 N–H and O–H groups in total. The van der Waals surface area contributed by atoms with Gasteiger partial charge in [0.15, 0.2) is 0 Å². The fourth-order valence-corrected chi connectivity index (χ4v) is 2.73. The molecule has 1 aromatic carbocycles. The van der Waals surface area contributed by atoms with Crippen LogP contribution in [0.5, 0.6) is 0 Å². The van der Waals surface area contributed by atoms with Crippen LogP contribution in [0.15, 0.2) is 28.9 Å². The van der Waals surface area contributed by atoms with Crippen LogP contribution >= 0.6 is 0 Å². The zero-order chi connectivity index (χ0) is 17.1. The van der Waals surface area contributed by atoms with Gasteiger partial charge in [-0.3, -0.25) is 14.9 Å². The predicted octanol–water partition coefficient (Wildman–Crippen LogP) is 2.58. The fourth-order valence-electron chi connectivity index (χ4n) is 2.73. The first kappa shape index (κ1) is 16.7. The number of carbonyl (C=O) groups excluding carboxylic acids is 1. The van der Waals surface area contributed by atoms with Crippen molar-refractivity contribution in [2.45, 2.75) is 26.8 Å². The van der Waals surface area contributed by atoms with E-state index in [-0.39, 0.29) is 17.9 Å². The van der Waals surface area contributed by atoms with Crippen molar-refractivity contribution >= 4 is 11.6 Å². The third-order valence-electron chi connectivity index (χ3n) is 3.72. The summed E-state index contributed by atoms with van der Waals surface area (Å²) in [4.78, 5) is 23.3. The Morgan fingerprint density at radius 3 is 2.61 bits per heavy atom. The molecule has 0 aliphatic heterocycles. The molecule has 0 aliphatic rings. The highest BCUT2D eigenvalue weighted by Gasteiger charge is 2.25. The van der Waals surface area contributed by atoms with Gasteiger partial charge in [0.25, 0.3) is 11.6 Å². The van der Waals surface area contributed by atoms with Crippen molar-refractivity contribution in [3.8, 4) is 0 Å². The van der Waals surface area contributed by atoms with E-state index in [1.165, 1.54) is 6.26 Å². The first-order chi connectivity index (χ1) is 10.9. The molecule has 1 amide bonds. The highest BCUT2D eigenvalue weighted by Crippen LogP contribution is 2.29. The number of nitrogens with one attached hydrogen (secondary N) is 1. The summed E-state index contributed by atoms with van der Waals surface area (Å²) < 4.78 is 5.18. The standard InChI is InChI=1S/C16H18N2O5/c1-9-7-10(2)15(18(21)22)11(3)14(9)16(20)17-12(8-19)13-5-4-6-23-13/h4-7,12,19H,8H2,1-3H3,(H,17,20). The number of carbonyl (C=O) groups is 1. The Labute approximate surface area is 133 Å². The van der Waals surface area contributed by atoms with Crippen LogP contribution in [-0.2, 0) is 0 Å². The van der Waals surface area contributed by atoms with E-state index in [1.54, 1.807) is 39.0 Å². The van der Waals surface area contributed by atoms with Gasteiger partial charge in [-0.25, -0.2) is 0 Å². The van der Waals surface area contributed by atoms with Crippen molar-refractivity contribution in [3.63, 3.8) is 0 Å². The van der Waals surface area contributed by atoms with Crippen LogP contribution in [0.2, 0.25) is 0 Å². The van der Waals surface area contributed by atoms with E-state index < -0.39 is 16.9 Å². The number of furan rings is 1. The Morgan fingerprint density at radius 1 is 1.39 bits per heavy atom. The van der Waals surface area contributed by atoms with Gasteiger partial charge in [0, 0.05) is 11.1 Å². The lowest BCUT2D eigenvalue weighted by Gasteiger charge is -2.17. The predicted molar refractivity (Wildman–Crippen MR) is 83.3 cm³/mol. The molecule has 1 unspecified atom stereocenters. The smallest absolute Gasteiger partial charge is 0.275 e. The number of nitro groups is 1. The minimum Gasteiger partial charge on any atom is -0.467 e. The molecular formula is C16H18N2O5. The molecule has 0 saturated carbocycles. The zero-order valence-electron chi connectivity index (χ0n) is 13.1. The van der Waals surface area contributed by atoms with Crippen LogP contribution in [0.25, 0.3) is 0 Å². The number of benzene rings is 1. The van der Waals surface area contributed by atoms with Crippen molar-refractivity contribution in [3.05, 3.63) is 62.6 Å². The summed E-state index contributed by atoms with van der Waals surface area (Å²) in [6.45, 7) is 4.57. The highest BCUT2D eigenvalue weighted by atomic mass is 16.6. The van der Waals surface area contributed by atoms with Crippen LogP contribution in [0.4, 0.5) is 5.69 Å². The topological polar surface area (TPSA) is 106 Å². The van der Waals surface area contributed by atoms with E-state index in [0.29, 0.717) is 22.5 Å². The number of aliphatic hydroxyl groups is 1. The maximum atomic E-state index is 12.6. The molecule has 7 nitrogen and oxygen atoms in total. The van der Waals surface area contributed by atoms with Crippen molar-refractivity contribution in [2.75, 3.05) is 6.61 Å². The summed E-state index contributed by atoms with van der Waals surface area (Å²) in [5, 5.41) is 23.3. The molecule has 7 heteroatoms. The van der Waals surface area contributed by atoms with Gasteiger partial charge in [0.05, 0.1) is 23.4 Å². The van der Waals surface area contributed by atoms with Crippen LogP contribution in [0.3, 0.4) is 0 Å². The molecule has 1 atom stereocenters. The molecule has 1 aromatic heterocycles. The summed E-state index contributed by atoms with van der Waals surface area (Å²) in [6.07, 6.45) is 1.44. The summed E-state index contributed by atoms with van der Waals surface area (Å²) in [6, 6.07) is 4.19. The second-order valence-electron chi connectivity index (χ2n) is 5.34. The lowest BCUT2D eigenvalue weighted by Crippen LogP contribution is -2.31. The number of aryl methyl sites for hydroxylation is 2. The molecule has 0 saturated heterocycles. The van der Waals surface area contributed by atoms with Gasteiger partial charge in [-0.1, -0.05) is 0 Å². The van der Waals surface area contributed by atoms with Crippen molar-refractivity contribution in [1.82, 2.24) is 5.32 Å². The number of nitrogens with zero attached hydrogens (tertiary/aromatic N) is 1. The number of rotatable bonds is 5. The normalized spacial score (nSPS) is 12.0. The molecule has 2 aromatic rings. The van der Waals surface area contributed by atoms with E-state index in [4.69, 9.17) is 4.42 Å². The van der Waals surface area contributed by atoms with E-state index in [2.05, 4.69) is 5.32 Å². The SMILES string of the molecule is Cc1cc(C)c([N+](=O)[O-])c(C)c1C(=O)NC(CO)c1ccco1. The highest BCUT2D eigenvalue weighted by molar-refractivity contribution is 5.98. The Morgan fingerprint density at radius 2 is 2.09 bits per heavy atom. The van der Waals surface area contributed by atoms with Crippen LogP contribution < -0.4 is 5.32 Å². The first-order valence-corrected chi connectivity index (χ1v) is 7.07. The molecule has 0 spiro atoms. The Hall–Kier alpha value is -2.67. The number of amides is 1. The van der Waals surface area contributed by atoms with Crippen molar-refractivity contribution < 1.29 is 19.2 Å². The molecule has 0 aliphatic carbocycles. The second-order valence-corrected chi connectivity index (χ2v) is 5.34. The first-order valence-electron chi connectivity index (χ1n) is 7.07. The third kappa shape index (κ3) is 3.24. The quantitative estimate of drug-likeness (QED) is 0.651. The molecule has 2 rings (SSSR count). The summed E-state index contributed by atoms with van der Waals surface area (Å²) >= 11 is 0. The largest absolute Gasteiger partial charge is 0.467 e. The molecular weight excluding hydrogens is 300 g/mol. The second kappa shape index (κ2) is 6.62. The zero-order valence-corrected chi connectivity index (χ0v) is 13.1. The minimum absolute atomic E-state index is 0.0701. The van der Waals surface area contributed by atoms with Gasteiger partial charge in [-0.05, 0) is 44.5 Å². The average Bonchev–Trinajstić information content (AvgIpc) is 2.97. The maximum absolute atomic E-state index is 12.6. The van der Waals surface area contributed by atoms with Crippen molar-refractivity contribution in [1.29, 1.82) is 0 Å². The number of nitro benzene ring substituents is 1. The van der Waals surface area contributed by atoms with Gasteiger partial charge in [-0.15, -0.1) is 0 Å². The van der Waals surface area contributed by atoms with Gasteiger partial charge in [0.2, 0.25) is 0 Å². The lowest BCUT2D eigenvalue weighted by atomic mass is 9.96. The number of hydrogen-bond donors (Lipinski definition) is 2. The monoisotopic (exact) mass is 318 g/mol. The van der Waals surface area contributed by atoms with Gasteiger partial charge in [0.1, 0.15) is 11.8 Å². The Bertz CT molecular complexity index is 737. The number of hydrogen-bond acceptors (Lipinski definition) is 5. The van der Waals surface area contributed by atoms with E-state index in [1.807, 2.05) is 0 Å². The Balaban J connectivity index is 2.39. The van der Waals surface area contributed by atoms with Gasteiger partial charge >= 0.3 is 0 Å². The van der Waals surface area contributed by atoms with E-state index >= 15 is 0 Å². The molecule has 0 radical (unpaired) electrons. The third-order valence-corrected chi connectivity index (χ3v) is 3.72. The van der Waals surface area contributed by atoms with E-state index in [0.717, 1.165) is 0 Å². The molecule has 122 valence electrons. The summed E-state index contributed by atoms with van der Waals surface area (Å²) in [7, 11) is 0. The molecule has 0 bridgehead atoms. The fraction of sp³-hybridized carbons (Fsp3) is 0.312. The number of aliphatic hydroxyl groups excluding tert-OH is 1. The van der Waals surface area contributed by atoms with Crippen LogP contribution in [-0.4, -0.2) is 22.5 Å². The Kier molecular flexibility index (Phi) is 4.80. The molecule has 23 heavy (non-hydrogen) atoms.